The summed E-state index contributed by atoms with van der Waals surface area (Å²) in [6.45, 7) is 0.535. The highest BCUT2D eigenvalue weighted by Gasteiger charge is 2.07. The summed E-state index contributed by atoms with van der Waals surface area (Å²) in [6.07, 6.45) is 5.28. The van der Waals surface area contributed by atoms with Crippen LogP contribution >= 0.6 is 0 Å². The maximum atomic E-state index is 13.8. The number of rotatable bonds is 6. The van der Waals surface area contributed by atoms with Gasteiger partial charge in [-0.1, -0.05) is 65.5 Å². The first kappa shape index (κ1) is 20.1. The molecule has 0 aliphatic carbocycles. The van der Waals surface area contributed by atoms with E-state index in [1.807, 2.05) is 65.4 Å². The van der Waals surface area contributed by atoms with E-state index in [1.54, 1.807) is 30.7 Å². The van der Waals surface area contributed by atoms with Crippen molar-refractivity contribution in [3.05, 3.63) is 126 Å². The first-order valence-corrected chi connectivity index (χ1v) is 9.83. The zero-order valence-electron chi connectivity index (χ0n) is 16.8. The molecule has 1 aromatic heterocycles. The molecule has 0 saturated heterocycles. The Bertz CT molecular complexity index is 1210. The van der Waals surface area contributed by atoms with Crippen LogP contribution in [0.1, 0.15) is 22.3 Å². The van der Waals surface area contributed by atoms with E-state index in [9.17, 15) is 4.39 Å². The van der Waals surface area contributed by atoms with E-state index in [2.05, 4.69) is 22.0 Å². The fourth-order valence-corrected chi connectivity index (χ4v) is 2.93. The monoisotopic (exact) mass is 409 g/mol. The van der Waals surface area contributed by atoms with Crippen molar-refractivity contribution in [2.45, 2.75) is 13.2 Å². The molecule has 4 rings (SSSR count). The van der Waals surface area contributed by atoms with E-state index >= 15 is 0 Å². The van der Waals surface area contributed by atoms with Gasteiger partial charge in [0.15, 0.2) is 0 Å². The van der Waals surface area contributed by atoms with Crippen molar-refractivity contribution in [2.24, 2.45) is 5.16 Å². The number of hydrogen-bond acceptors (Lipinski definition) is 3. The molecule has 5 heteroatoms. The fraction of sp³-hybridized carbons (Fsp3) is 0.0769. The van der Waals surface area contributed by atoms with Gasteiger partial charge in [-0.25, -0.2) is 9.37 Å². The number of halogens is 1. The van der Waals surface area contributed by atoms with Gasteiger partial charge in [-0.15, -0.1) is 0 Å². The average Bonchev–Trinajstić information content (AvgIpc) is 3.33. The van der Waals surface area contributed by atoms with Gasteiger partial charge in [0.2, 0.25) is 0 Å². The molecule has 31 heavy (non-hydrogen) atoms. The van der Waals surface area contributed by atoms with Crippen LogP contribution < -0.4 is 0 Å². The van der Waals surface area contributed by atoms with Gasteiger partial charge in [0.1, 0.15) is 18.1 Å². The first-order valence-electron chi connectivity index (χ1n) is 9.83. The number of hydrogen-bond donors (Lipinski definition) is 0. The Balaban J connectivity index is 1.52. The number of oxime groups is 1. The minimum Gasteiger partial charge on any atom is -0.391 e. The lowest BCUT2D eigenvalue weighted by Crippen LogP contribution is -2.11. The third-order valence-electron chi connectivity index (χ3n) is 4.59. The lowest BCUT2D eigenvalue weighted by Gasteiger charge is -2.09. The molecule has 1 heterocycles. The zero-order chi connectivity index (χ0) is 21.3. The molecule has 0 unspecified atom stereocenters. The molecular weight excluding hydrogens is 389 g/mol. The lowest BCUT2D eigenvalue weighted by atomic mass is 10.1. The van der Waals surface area contributed by atoms with Gasteiger partial charge in [-0.3, -0.25) is 0 Å². The van der Waals surface area contributed by atoms with E-state index in [0.29, 0.717) is 17.8 Å². The topological polar surface area (TPSA) is 39.4 Å². The fourth-order valence-electron chi connectivity index (χ4n) is 2.93. The van der Waals surface area contributed by atoms with Crippen LogP contribution in [0.15, 0.2) is 103 Å². The van der Waals surface area contributed by atoms with Gasteiger partial charge in [0.25, 0.3) is 0 Å². The van der Waals surface area contributed by atoms with Gasteiger partial charge in [0.05, 0.1) is 12.9 Å². The van der Waals surface area contributed by atoms with Gasteiger partial charge in [-0.05, 0) is 30.3 Å². The molecular formula is C26H20FN3O. The Kier molecular flexibility index (Phi) is 6.51. The van der Waals surface area contributed by atoms with E-state index < -0.39 is 0 Å². The van der Waals surface area contributed by atoms with E-state index in [-0.39, 0.29) is 12.4 Å². The van der Waals surface area contributed by atoms with Crippen molar-refractivity contribution in [1.29, 1.82) is 0 Å². The Labute approximate surface area is 180 Å². The molecule has 0 aliphatic rings. The zero-order valence-corrected chi connectivity index (χ0v) is 16.8. The largest absolute Gasteiger partial charge is 0.391 e. The van der Waals surface area contributed by atoms with Crippen LogP contribution in [-0.2, 0) is 18.0 Å². The SMILES string of the molecule is Fc1ccccc1CO/N=C(\Cn1ccnc1)c1ccc(C#Cc2ccccc2)cc1. The van der Waals surface area contributed by atoms with Gasteiger partial charge in [-0.2, -0.15) is 0 Å². The molecule has 4 aromatic rings. The van der Waals surface area contributed by atoms with E-state index in [0.717, 1.165) is 16.7 Å². The quantitative estimate of drug-likeness (QED) is 0.254. The number of benzene rings is 3. The summed E-state index contributed by atoms with van der Waals surface area (Å²) in [5.41, 5.74) is 3.93. The standard InChI is InChI=1S/C26H20FN3O/c27-25-9-5-4-8-24(25)19-31-29-26(18-30-17-16-28-20-30)23-14-12-22(13-15-23)11-10-21-6-2-1-3-7-21/h1-9,12-17,20H,18-19H2/b29-26+. The molecule has 0 atom stereocenters. The highest BCUT2D eigenvalue weighted by molar-refractivity contribution is 6.00. The summed E-state index contributed by atoms with van der Waals surface area (Å²) in [4.78, 5) is 9.56. The summed E-state index contributed by atoms with van der Waals surface area (Å²) in [5.74, 6) is 6.01. The molecule has 0 saturated carbocycles. The molecule has 0 N–H and O–H groups in total. The third kappa shape index (κ3) is 5.68. The van der Waals surface area contributed by atoms with Crippen LogP contribution in [0.5, 0.6) is 0 Å². The molecule has 0 aliphatic heterocycles. The minimum absolute atomic E-state index is 0.0563. The Morgan fingerprint density at radius 3 is 2.32 bits per heavy atom. The van der Waals surface area contributed by atoms with E-state index in [4.69, 9.17) is 4.84 Å². The summed E-state index contributed by atoms with van der Waals surface area (Å²) in [5, 5.41) is 4.29. The van der Waals surface area contributed by atoms with Crippen LogP contribution in [0.3, 0.4) is 0 Å². The summed E-state index contributed by atoms with van der Waals surface area (Å²) in [7, 11) is 0. The van der Waals surface area contributed by atoms with Crippen LogP contribution in [0.25, 0.3) is 0 Å². The highest BCUT2D eigenvalue weighted by atomic mass is 19.1. The van der Waals surface area contributed by atoms with Gasteiger partial charge < -0.3 is 9.40 Å². The number of nitrogens with zero attached hydrogens (tertiary/aromatic N) is 3. The van der Waals surface area contributed by atoms with Crippen molar-refractivity contribution >= 4 is 5.71 Å². The maximum absolute atomic E-state index is 13.8. The lowest BCUT2D eigenvalue weighted by molar-refractivity contribution is 0.127. The second kappa shape index (κ2) is 10.0. The average molecular weight is 409 g/mol. The van der Waals surface area contributed by atoms with Crippen molar-refractivity contribution < 1.29 is 9.23 Å². The van der Waals surface area contributed by atoms with Crippen molar-refractivity contribution in [1.82, 2.24) is 9.55 Å². The van der Waals surface area contributed by atoms with Gasteiger partial charge in [0, 0.05) is 34.6 Å². The number of imidazole rings is 1. The molecule has 0 spiro atoms. The minimum atomic E-state index is -0.310. The summed E-state index contributed by atoms with van der Waals surface area (Å²) < 4.78 is 15.7. The first-order chi connectivity index (χ1) is 15.3. The molecule has 3 aromatic carbocycles. The molecule has 0 radical (unpaired) electrons. The molecule has 0 amide bonds. The summed E-state index contributed by atoms with van der Waals surface area (Å²) >= 11 is 0. The Morgan fingerprint density at radius 2 is 1.61 bits per heavy atom. The highest BCUT2D eigenvalue weighted by Crippen LogP contribution is 2.11. The van der Waals surface area contributed by atoms with Crippen molar-refractivity contribution in [2.75, 3.05) is 0 Å². The van der Waals surface area contributed by atoms with Crippen LogP contribution in [0.2, 0.25) is 0 Å². The maximum Gasteiger partial charge on any atom is 0.145 e. The van der Waals surface area contributed by atoms with Crippen LogP contribution in [0, 0.1) is 17.7 Å². The van der Waals surface area contributed by atoms with Gasteiger partial charge >= 0.3 is 0 Å². The van der Waals surface area contributed by atoms with E-state index in [1.165, 1.54) is 6.07 Å². The second-order valence-electron chi connectivity index (χ2n) is 6.83. The molecule has 0 fully saturated rings. The number of aromatic nitrogens is 2. The molecule has 4 nitrogen and oxygen atoms in total. The Morgan fingerprint density at radius 1 is 0.903 bits per heavy atom. The molecule has 0 bridgehead atoms. The predicted octanol–water partition coefficient (Wildman–Crippen LogP) is 5.04. The third-order valence-corrected chi connectivity index (χ3v) is 4.59. The summed E-state index contributed by atoms with van der Waals surface area (Å²) in [6, 6.07) is 24.2. The van der Waals surface area contributed by atoms with Crippen LogP contribution in [-0.4, -0.2) is 15.3 Å². The molecule has 152 valence electrons. The smallest absolute Gasteiger partial charge is 0.145 e. The van der Waals surface area contributed by atoms with Crippen molar-refractivity contribution in [3.63, 3.8) is 0 Å². The van der Waals surface area contributed by atoms with Crippen molar-refractivity contribution in [3.8, 4) is 11.8 Å². The normalized spacial score (nSPS) is 10.9. The predicted molar refractivity (Wildman–Crippen MR) is 119 cm³/mol. The second-order valence-corrected chi connectivity index (χ2v) is 6.83. The Hall–Kier alpha value is -4.17. The van der Waals surface area contributed by atoms with Crippen LogP contribution in [0.4, 0.5) is 4.39 Å².